The summed E-state index contributed by atoms with van der Waals surface area (Å²) in [6.45, 7) is 5.42. The van der Waals surface area contributed by atoms with Crippen molar-refractivity contribution in [3.05, 3.63) is 59.7 Å². The van der Waals surface area contributed by atoms with E-state index in [0.29, 0.717) is 22.6 Å². The fraction of sp³-hybridized carbons (Fsp3) is 0.263. The standard InChI is InChI=1S/C19H21NO4/c1-12(2)24-17-7-5-4-6-16(17)18(21)20-15-10-8-14(9-11-15)13(3)19(22)23/h4-13H,1-3H3,(H,20,21)(H,22,23). The highest BCUT2D eigenvalue weighted by atomic mass is 16.5. The topological polar surface area (TPSA) is 75.6 Å². The molecule has 0 aromatic heterocycles. The molecular formula is C19H21NO4. The van der Waals surface area contributed by atoms with Gasteiger partial charge >= 0.3 is 5.97 Å². The maximum atomic E-state index is 12.5. The van der Waals surface area contributed by atoms with E-state index in [1.807, 2.05) is 19.9 Å². The minimum Gasteiger partial charge on any atom is -0.490 e. The van der Waals surface area contributed by atoms with Gasteiger partial charge in [-0.2, -0.15) is 0 Å². The van der Waals surface area contributed by atoms with Crippen LogP contribution in [0, 0.1) is 0 Å². The number of para-hydroxylation sites is 1. The van der Waals surface area contributed by atoms with Crippen LogP contribution in [-0.2, 0) is 4.79 Å². The minimum absolute atomic E-state index is 0.0317. The largest absolute Gasteiger partial charge is 0.490 e. The van der Waals surface area contributed by atoms with Gasteiger partial charge in [0.2, 0.25) is 0 Å². The van der Waals surface area contributed by atoms with Crippen LogP contribution < -0.4 is 10.1 Å². The molecule has 0 fully saturated rings. The van der Waals surface area contributed by atoms with E-state index in [2.05, 4.69) is 5.32 Å². The van der Waals surface area contributed by atoms with Gasteiger partial charge in [0.25, 0.3) is 5.91 Å². The average Bonchev–Trinajstić information content (AvgIpc) is 2.54. The van der Waals surface area contributed by atoms with Crippen molar-refractivity contribution in [2.75, 3.05) is 5.32 Å². The summed E-state index contributed by atoms with van der Waals surface area (Å²) < 4.78 is 5.65. The first-order chi connectivity index (χ1) is 11.4. The summed E-state index contributed by atoms with van der Waals surface area (Å²) >= 11 is 0. The third-order valence-corrected chi connectivity index (χ3v) is 3.53. The van der Waals surface area contributed by atoms with Crippen LogP contribution in [0.5, 0.6) is 5.75 Å². The zero-order valence-corrected chi connectivity index (χ0v) is 13.9. The van der Waals surface area contributed by atoms with Gasteiger partial charge in [-0.05, 0) is 50.6 Å². The Morgan fingerprint density at radius 2 is 1.62 bits per heavy atom. The number of nitrogens with one attached hydrogen (secondary N) is 1. The Labute approximate surface area is 141 Å². The molecule has 0 heterocycles. The second-order valence-corrected chi connectivity index (χ2v) is 5.80. The number of aliphatic carboxylic acids is 1. The van der Waals surface area contributed by atoms with Crippen LogP contribution in [0.25, 0.3) is 0 Å². The molecule has 0 aliphatic rings. The summed E-state index contributed by atoms with van der Waals surface area (Å²) in [5.74, 6) is -1.21. The average molecular weight is 327 g/mol. The molecule has 2 aromatic carbocycles. The van der Waals surface area contributed by atoms with Gasteiger partial charge in [-0.1, -0.05) is 24.3 Å². The molecule has 0 aliphatic carbocycles. The summed E-state index contributed by atoms with van der Waals surface area (Å²) in [5.41, 5.74) is 1.74. The quantitative estimate of drug-likeness (QED) is 0.843. The number of anilines is 1. The maximum Gasteiger partial charge on any atom is 0.310 e. The number of carbonyl (C=O) groups is 2. The number of amides is 1. The molecule has 24 heavy (non-hydrogen) atoms. The summed E-state index contributed by atoms with van der Waals surface area (Å²) in [5, 5.41) is 11.8. The Bertz CT molecular complexity index is 722. The third-order valence-electron chi connectivity index (χ3n) is 3.53. The van der Waals surface area contributed by atoms with Crippen molar-refractivity contribution >= 4 is 17.6 Å². The normalized spacial score (nSPS) is 11.8. The maximum absolute atomic E-state index is 12.5. The highest BCUT2D eigenvalue weighted by Gasteiger charge is 2.15. The van der Waals surface area contributed by atoms with Gasteiger partial charge in [0.15, 0.2) is 0 Å². The van der Waals surface area contributed by atoms with Gasteiger partial charge in [-0.15, -0.1) is 0 Å². The fourth-order valence-electron chi connectivity index (χ4n) is 2.21. The highest BCUT2D eigenvalue weighted by molar-refractivity contribution is 6.06. The van der Waals surface area contributed by atoms with E-state index in [1.54, 1.807) is 49.4 Å². The number of rotatable bonds is 6. The lowest BCUT2D eigenvalue weighted by molar-refractivity contribution is -0.138. The van der Waals surface area contributed by atoms with Gasteiger partial charge in [-0.25, -0.2) is 0 Å². The van der Waals surface area contributed by atoms with Gasteiger partial charge in [0.05, 0.1) is 17.6 Å². The van der Waals surface area contributed by atoms with Crippen molar-refractivity contribution in [3.63, 3.8) is 0 Å². The van der Waals surface area contributed by atoms with E-state index >= 15 is 0 Å². The monoisotopic (exact) mass is 327 g/mol. The number of carbonyl (C=O) groups excluding carboxylic acids is 1. The molecule has 2 aromatic rings. The van der Waals surface area contributed by atoms with E-state index in [0.717, 1.165) is 0 Å². The van der Waals surface area contributed by atoms with Crippen molar-refractivity contribution in [2.24, 2.45) is 0 Å². The van der Waals surface area contributed by atoms with E-state index in [9.17, 15) is 9.59 Å². The zero-order chi connectivity index (χ0) is 17.7. The van der Waals surface area contributed by atoms with Crippen molar-refractivity contribution in [3.8, 4) is 5.75 Å². The van der Waals surface area contributed by atoms with Gasteiger partial charge in [0, 0.05) is 5.69 Å². The smallest absolute Gasteiger partial charge is 0.310 e. The van der Waals surface area contributed by atoms with Gasteiger partial charge in [0.1, 0.15) is 5.75 Å². The first-order valence-electron chi connectivity index (χ1n) is 7.78. The van der Waals surface area contributed by atoms with Crippen molar-refractivity contribution < 1.29 is 19.4 Å². The molecule has 0 saturated carbocycles. The number of carboxylic acid groups (broad SMARTS) is 1. The molecular weight excluding hydrogens is 306 g/mol. The van der Waals surface area contributed by atoms with Crippen LogP contribution in [0.3, 0.4) is 0 Å². The van der Waals surface area contributed by atoms with Crippen LogP contribution >= 0.6 is 0 Å². The first-order valence-corrected chi connectivity index (χ1v) is 7.78. The molecule has 1 unspecified atom stereocenters. The summed E-state index contributed by atoms with van der Waals surface area (Å²) in [7, 11) is 0. The van der Waals surface area contributed by atoms with E-state index < -0.39 is 11.9 Å². The first kappa shape index (κ1) is 17.5. The van der Waals surface area contributed by atoms with Gasteiger partial charge < -0.3 is 15.2 Å². The minimum atomic E-state index is -0.883. The Morgan fingerprint density at radius 1 is 1.00 bits per heavy atom. The van der Waals surface area contributed by atoms with E-state index in [1.165, 1.54) is 0 Å². The Kier molecular flexibility index (Phi) is 5.58. The molecule has 5 nitrogen and oxygen atoms in total. The molecule has 1 amide bonds. The number of carboxylic acids is 1. The zero-order valence-electron chi connectivity index (χ0n) is 13.9. The number of hydrogen-bond donors (Lipinski definition) is 2. The fourth-order valence-corrected chi connectivity index (χ4v) is 2.21. The van der Waals surface area contributed by atoms with Crippen LogP contribution in [0.2, 0.25) is 0 Å². The predicted molar refractivity (Wildman–Crippen MR) is 92.7 cm³/mol. The number of ether oxygens (including phenoxy) is 1. The summed E-state index contributed by atoms with van der Waals surface area (Å²) in [4.78, 5) is 23.4. The molecule has 0 saturated heterocycles. The second kappa shape index (κ2) is 7.64. The number of hydrogen-bond acceptors (Lipinski definition) is 3. The van der Waals surface area contributed by atoms with Crippen LogP contribution in [-0.4, -0.2) is 23.1 Å². The van der Waals surface area contributed by atoms with Crippen molar-refractivity contribution in [1.29, 1.82) is 0 Å². The van der Waals surface area contributed by atoms with Gasteiger partial charge in [-0.3, -0.25) is 9.59 Å². The van der Waals surface area contributed by atoms with Crippen LogP contribution in [0.4, 0.5) is 5.69 Å². The Morgan fingerprint density at radius 3 is 2.21 bits per heavy atom. The lowest BCUT2D eigenvalue weighted by Gasteiger charge is -2.14. The lowest BCUT2D eigenvalue weighted by atomic mass is 10.0. The van der Waals surface area contributed by atoms with Crippen LogP contribution in [0.15, 0.2) is 48.5 Å². The molecule has 0 spiro atoms. The molecule has 1 atom stereocenters. The highest BCUT2D eigenvalue weighted by Crippen LogP contribution is 2.22. The molecule has 2 rings (SSSR count). The Hall–Kier alpha value is -2.82. The number of benzene rings is 2. The SMILES string of the molecule is CC(C)Oc1ccccc1C(=O)Nc1ccc(C(C)C(=O)O)cc1. The molecule has 0 aliphatic heterocycles. The molecule has 5 heteroatoms. The molecule has 0 radical (unpaired) electrons. The summed E-state index contributed by atoms with van der Waals surface area (Å²) in [6.07, 6.45) is -0.0317. The molecule has 126 valence electrons. The van der Waals surface area contributed by atoms with E-state index in [-0.39, 0.29) is 12.0 Å². The molecule has 2 N–H and O–H groups in total. The predicted octanol–water partition coefficient (Wildman–Crippen LogP) is 3.91. The third kappa shape index (κ3) is 4.35. The Balaban J connectivity index is 2.14. The second-order valence-electron chi connectivity index (χ2n) is 5.80. The lowest BCUT2D eigenvalue weighted by Crippen LogP contribution is -2.15. The van der Waals surface area contributed by atoms with Crippen molar-refractivity contribution in [1.82, 2.24) is 0 Å². The van der Waals surface area contributed by atoms with Crippen molar-refractivity contribution in [2.45, 2.75) is 32.8 Å². The molecule has 0 bridgehead atoms. The summed E-state index contributed by atoms with van der Waals surface area (Å²) in [6, 6.07) is 13.8. The van der Waals surface area contributed by atoms with Crippen LogP contribution in [0.1, 0.15) is 42.6 Å². The van der Waals surface area contributed by atoms with E-state index in [4.69, 9.17) is 9.84 Å².